The molecular formula is C15H24N2O. The Morgan fingerprint density at radius 3 is 2.94 bits per heavy atom. The molecule has 1 saturated carbocycles. The molecule has 18 heavy (non-hydrogen) atoms. The molecular weight excluding hydrogens is 224 g/mol. The summed E-state index contributed by atoms with van der Waals surface area (Å²) in [5.74, 6) is 3.57. The van der Waals surface area contributed by atoms with Gasteiger partial charge < -0.3 is 10.1 Å². The number of rotatable bonds is 5. The third-order valence-corrected chi connectivity index (χ3v) is 3.88. The highest BCUT2D eigenvalue weighted by Crippen LogP contribution is 2.30. The van der Waals surface area contributed by atoms with Crippen molar-refractivity contribution in [2.75, 3.05) is 19.0 Å². The van der Waals surface area contributed by atoms with E-state index < -0.39 is 0 Å². The van der Waals surface area contributed by atoms with Gasteiger partial charge in [-0.3, -0.25) is 0 Å². The molecule has 0 radical (unpaired) electrons. The lowest BCUT2D eigenvalue weighted by atomic mass is 9.81. The number of nitrogens with one attached hydrogen (secondary N) is 1. The van der Waals surface area contributed by atoms with Gasteiger partial charge in [0.15, 0.2) is 0 Å². The molecule has 0 bridgehead atoms. The number of hydrogen-bond donors (Lipinski definition) is 1. The lowest BCUT2D eigenvalue weighted by molar-refractivity contribution is 0.274. The fourth-order valence-corrected chi connectivity index (χ4v) is 2.83. The normalized spacial score (nSPS) is 23.7. The van der Waals surface area contributed by atoms with Crippen molar-refractivity contribution < 1.29 is 4.74 Å². The van der Waals surface area contributed by atoms with Crippen LogP contribution in [0.2, 0.25) is 0 Å². The molecule has 3 heteroatoms. The van der Waals surface area contributed by atoms with Gasteiger partial charge in [0, 0.05) is 6.54 Å². The highest BCUT2D eigenvalue weighted by molar-refractivity contribution is 5.37. The van der Waals surface area contributed by atoms with Gasteiger partial charge in [-0.1, -0.05) is 26.2 Å². The predicted octanol–water partition coefficient (Wildman–Crippen LogP) is 3.72. The van der Waals surface area contributed by atoms with E-state index in [2.05, 4.69) is 17.2 Å². The number of pyridine rings is 1. The minimum absolute atomic E-state index is 0.807. The number of aromatic nitrogens is 1. The molecule has 2 rings (SSSR count). The second-order valence-corrected chi connectivity index (χ2v) is 5.44. The van der Waals surface area contributed by atoms with Crippen LogP contribution in [0.15, 0.2) is 18.3 Å². The largest absolute Gasteiger partial charge is 0.495 e. The zero-order chi connectivity index (χ0) is 12.8. The van der Waals surface area contributed by atoms with E-state index in [0.29, 0.717) is 0 Å². The number of ether oxygens (including phenoxy) is 1. The Morgan fingerprint density at radius 2 is 2.28 bits per heavy atom. The van der Waals surface area contributed by atoms with Crippen LogP contribution in [0.1, 0.15) is 39.0 Å². The maximum Gasteiger partial charge on any atom is 0.137 e. The van der Waals surface area contributed by atoms with Gasteiger partial charge in [0.25, 0.3) is 0 Å². The van der Waals surface area contributed by atoms with Crippen LogP contribution in [0.5, 0.6) is 5.75 Å². The molecule has 1 N–H and O–H groups in total. The quantitative estimate of drug-likeness (QED) is 0.862. The Morgan fingerprint density at radius 1 is 1.39 bits per heavy atom. The van der Waals surface area contributed by atoms with Crippen LogP contribution in [0.25, 0.3) is 0 Å². The summed E-state index contributed by atoms with van der Waals surface area (Å²) in [5.41, 5.74) is 0. The van der Waals surface area contributed by atoms with Crippen molar-refractivity contribution in [3.63, 3.8) is 0 Å². The van der Waals surface area contributed by atoms with E-state index in [4.69, 9.17) is 4.74 Å². The number of methoxy groups -OCH3 is 1. The van der Waals surface area contributed by atoms with Gasteiger partial charge >= 0.3 is 0 Å². The second-order valence-electron chi connectivity index (χ2n) is 5.44. The molecule has 100 valence electrons. The van der Waals surface area contributed by atoms with Crippen molar-refractivity contribution in [3.8, 4) is 5.75 Å². The van der Waals surface area contributed by atoms with Crippen LogP contribution < -0.4 is 10.1 Å². The van der Waals surface area contributed by atoms with Gasteiger partial charge in [-0.25, -0.2) is 4.98 Å². The van der Waals surface area contributed by atoms with Gasteiger partial charge in [0.2, 0.25) is 0 Å². The lowest BCUT2D eigenvalue weighted by Crippen LogP contribution is -2.16. The zero-order valence-corrected chi connectivity index (χ0v) is 11.5. The molecule has 0 aromatic carbocycles. The van der Waals surface area contributed by atoms with Gasteiger partial charge in [-0.05, 0) is 36.8 Å². The molecule has 1 heterocycles. The Hall–Kier alpha value is -1.25. The number of hydrogen-bond acceptors (Lipinski definition) is 3. The Labute approximate surface area is 110 Å². The van der Waals surface area contributed by atoms with Gasteiger partial charge in [-0.15, -0.1) is 0 Å². The van der Waals surface area contributed by atoms with Crippen LogP contribution >= 0.6 is 0 Å². The Bertz CT molecular complexity index is 350. The Balaban J connectivity index is 1.70. The van der Waals surface area contributed by atoms with Crippen LogP contribution in [0, 0.1) is 11.8 Å². The number of nitrogens with zero attached hydrogens (tertiary/aromatic N) is 1. The smallest absolute Gasteiger partial charge is 0.137 e. The molecule has 2 atom stereocenters. The van der Waals surface area contributed by atoms with E-state index in [9.17, 15) is 0 Å². The van der Waals surface area contributed by atoms with E-state index >= 15 is 0 Å². The van der Waals surface area contributed by atoms with E-state index in [1.807, 2.05) is 12.1 Å². The molecule has 1 aliphatic carbocycles. The van der Waals surface area contributed by atoms with Crippen molar-refractivity contribution >= 4 is 5.82 Å². The zero-order valence-electron chi connectivity index (χ0n) is 11.5. The van der Waals surface area contributed by atoms with Gasteiger partial charge in [0.1, 0.15) is 11.6 Å². The van der Waals surface area contributed by atoms with Crippen LogP contribution in [0.3, 0.4) is 0 Å². The average molecular weight is 248 g/mol. The minimum Gasteiger partial charge on any atom is -0.495 e. The van der Waals surface area contributed by atoms with Crippen LogP contribution in [0.4, 0.5) is 5.82 Å². The predicted molar refractivity (Wildman–Crippen MR) is 75.0 cm³/mol. The molecule has 2 unspecified atom stereocenters. The summed E-state index contributed by atoms with van der Waals surface area (Å²) in [5, 5.41) is 3.39. The van der Waals surface area contributed by atoms with E-state index in [0.717, 1.165) is 29.9 Å². The molecule has 0 spiro atoms. The standard InChI is InChI=1S/C15H24N2O/c1-12-4-3-5-13(10-12)8-9-16-15-7-6-14(18-2)11-17-15/h6-7,11-13H,3-5,8-10H2,1-2H3,(H,16,17). The molecule has 1 aliphatic rings. The first-order chi connectivity index (χ1) is 8.78. The van der Waals surface area contributed by atoms with Crippen molar-refractivity contribution in [1.82, 2.24) is 4.98 Å². The summed E-state index contributed by atoms with van der Waals surface area (Å²) >= 11 is 0. The topological polar surface area (TPSA) is 34.1 Å². The van der Waals surface area contributed by atoms with Crippen LogP contribution in [-0.2, 0) is 0 Å². The fraction of sp³-hybridized carbons (Fsp3) is 0.667. The van der Waals surface area contributed by atoms with Crippen molar-refractivity contribution in [2.24, 2.45) is 11.8 Å². The van der Waals surface area contributed by atoms with Gasteiger partial charge in [-0.2, -0.15) is 0 Å². The van der Waals surface area contributed by atoms with Crippen molar-refractivity contribution in [3.05, 3.63) is 18.3 Å². The highest BCUT2D eigenvalue weighted by atomic mass is 16.5. The lowest BCUT2D eigenvalue weighted by Gasteiger charge is -2.26. The van der Waals surface area contributed by atoms with E-state index in [-0.39, 0.29) is 0 Å². The van der Waals surface area contributed by atoms with Gasteiger partial charge in [0.05, 0.1) is 13.3 Å². The first kappa shape index (κ1) is 13.2. The molecule has 0 saturated heterocycles. The van der Waals surface area contributed by atoms with E-state index in [1.54, 1.807) is 13.3 Å². The highest BCUT2D eigenvalue weighted by Gasteiger charge is 2.18. The van der Waals surface area contributed by atoms with E-state index in [1.165, 1.54) is 32.1 Å². The SMILES string of the molecule is COc1ccc(NCCC2CCCC(C)C2)nc1. The summed E-state index contributed by atoms with van der Waals surface area (Å²) in [4.78, 5) is 4.31. The second kappa shape index (κ2) is 6.62. The molecule has 1 aromatic heterocycles. The summed E-state index contributed by atoms with van der Waals surface area (Å²) in [6.45, 7) is 3.40. The first-order valence-electron chi connectivity index (χ1n) is 7.02. The summed E-state index contributed by atoms with van der Waals surface area (Å²) in [7, 11) is 1.66. The third-order valence-electron chi connectivity index (χ3n) is 3.88. The summed E-state index contributed by atoms with van der Waals surface area (Å²) in [6, 6.07) is 3.92. The molecule has 1 aromatic rings. The molecule has 1 fully saturated rings. The number of anilines is 1. The van der Waals surface area contributed by atoms with Crippen molar-refractivity contribution in [1.29, 1.82) is 0 Å². The average Bonchev–Trinajstić information content (AvgIpc) is 2.40. The minimum atomic E-state index is 0.807. The monoisotopic (exact) mass is 248 g/mol. The summed E-state index contributed by atoms with van der Waals surface area (Å²) in [6.07, 6.45) is 8.65. The Kier molecular flexibility index (Phi) is 4.85. The fourth-order valence-electron chi connectivity index (χ4n) is 2.83. The summed E-state index contributed by atoms with van der Waals surface area (Å²) < 4.78 is 5.09. The third kappa shape index (κ3) is 3.90. The molecule has 0 aliphatic heterocycles. The molecule has 3 nitrogen and oxygen atoms in total. The maximum atomic E-state index is 5.09. The maximum absolute atomic E-state index is 5.09. The first-order valence-corrected chi connectivity index (χ1v) is 7.02. The molecule has 0 amide bonds. The van der Waals surface area contributed by atoms with Crippen molar-refractivity contribution in [2.45, 2.75) is 39.0 Å². The van der Waals surface area contributed by atoms with Crippen LogP contribution in [-0.4, -0.2) is 18.6 Å².